The molecule has 0 saturated carbocycles. The lowest BCUT2D eigenvalue weighted by Crippen LogP contribution is -2.47. The fraction of sp³-hybridized carbons (Fsp3) is 0.684. The number of hydrogen-bond acceptors (Lipinski definition) is 6. The molecule has 2 saturated heterocycles. The fourth-order valence-electron chi connectivity index (χ4n) is 4.03. The van der Waals surface area contributed by atoms with E-state index in [1.807, 2.05) is 12.1 Å². The summed E-state index contributed by atoms with van der Waals surface area (Å²) in [6.45, 7) is 5.74. The summed E-state index contributed by atoms with van der Waals surface area (Å²) in [6, 6.07) is 4.19. The molecule has 1 aromatic rings. The Hall–Kier alpha value is -0.920. The average Bonchev–Trinajstić information content (AvgIpc) is 2.69. The maximum Gasteiger partial charge on any atom is 0.131 e. The van der Waals surface area contributed by atoms with Gasteiger partial charge < -0.3 is 24.3 Å². The standard InChI is InChI=1S/C19H30N2O4.2ClH/c1-22-15-12-16(23-2)18(17(13-15)24-3)19(14-4-10-25-11-5-14)21-8-6-20-7-9-21;;/h12-14,19-20H,4-11H2,1-3H3;2*1H/t19-;;/m1../s1. The Bertz CT molecular complexity index is 522. The van der Waals surface area contributed by atoms with Crippen LogP contribution in [0.5, 0.6) is 17.2 Å². The molecule has 2 aliphatic rings. The quantitative estimate of drug-likeness (QED) is 0.760. The van der Waals surface area contributed by atoms with E-state index in [0.717, 1.165) is 75.0 Å². The minimum atomic E-state index is 0. The van der Waals surface area contributed by atoms with Crippen molar-refractivity contribution in [2.45, 2.75) is 18.9 Å². The predicted octanol–water partition coefficient (Wildman–Crippen LogP) is 2.93. The smallest absolute Gasteiger partial charge is 0.131 e. The van der Waals surface area contributed by atoms with Gasteiger partial charge in [0, 0.05) is 57.6 Å². The fourth-order valence-corrected chi connectivity index (χ4v) is 4.03. The first-order valence-electron chi connectivity index (χ1n) is 9.11. The highest BCUT2D eigenvalue weighted by molar-refractivity contribution is 5.85. The SMILES string of the molecule is COc1cc(OC)c([C@@H](C2CCOCC2)N2CCNCC2)c(OC)c1.Cl.Cl. The van der Waals surface area contributed by atoms with Gasteiger partial charge in [-0.15, -0.1) is 24.8 Å². The van der Waals surface area contributed by atoms with Crippen LogP contribution in [0.1, 0.15) is 24.4 Å². The maximum absolute atomic E-state index is 5.76. The monoisotopic (exact) mass is 422 g/mol. The molecule has 1 atom stereocenters. The molecule has 0 spiro atoms. The van der Waals surface area contributed by atoms with E-state index in [1.165, 1.54) is 0 Å². The third kappa shape index (κ3) is 5.55. The van der Waals surface area contributed by atoms with Gasteiger partial charge in [0.25, 0.3) is 0 Å². The highest BCUT2D eigenvalue weighted by atomic mass is 35.5. The number of rotatable bonds is 6. The van der Waals surface area contributed by atoms with Crippen LogP contribution in [0.2, 0.25) is 0 Å². The average molecular weight is 423 g/mol. The van der Waals surface area contributed by atoms with Gasteiger partial charge in [-0.25, -0.2) is 0 Å². The number of piperazine rings is 1. The van der Waals surface area contributed by atoms with Crippen LogP contribution >= 0.6 is 24.8 Å². The van der Waals surface area contributed by atoms with Gasteiger partial charge in [0.15, 0.2) is 0 Å². The molecule has 156 valence electrons. The topological polar surface area (TPSA) is 52.2 Å². The summed E-state index contributed by atoms with van der Waals surface area (Å²) in [5.41, 5.74) is 1.14. The van der Waals surface area contributed by atoms with E-state index in [-0.39, 0.29) is 30.9 Å². The number of ether oxygens (including phenoxy) is 4. The van der Waals surface area contributed by atoms with E-state index in [2.05, 4.69) is 10.2 Å². The number of nitrogens with zero attached hydrogens (tertiary/aromatic N) is 1. The third-order valence-electron chi connectivity index (χ3n) is 5.31. The van der Waals surface area contributed by atoms with E-state index in [1.54, 1.807) is 21.3 Å². The minimum absolute atomic E-state index is 0. The molecule has 0 amide bonds. The van der Waals surface area contributed by atoms with Crippen molar-refractivity contribution in [3.8, 4) is 17.2 Å². The van der Waals surface area contributed by atoms with Crippen LogP contribution in [0.25, 0.3) is 0 Å². The molecule has 0 aromatic heterocycles. The van der Waals surface area contributed by atoms with Crippen molar-refractivity contribution in [1.82, 2.24) is 10.2 Å². The first-order chi connectivity index (χ1) is 12.3. The van der Waals surface area contributed by atoms with E-state index < -0.39 is 0 Å². The van der Waals surface area contributed by atoms with E-state index in [0.29, 0.717) is 5.92 Å². The molecular weight excluding hydrogens is 391 g/mol. The van der Waals surface area contributed by atoms with Crippen molar-refractivity contribution >= 4 is 24.8 Å². The molecule has 2 heterocycles. The second kappa shape index (κ2) is 11.8. The zero-order valence-electron chi connectivity index (χ0n) is 16.4. The second-order valence-electron chi connectivity index (χ2n) is 6.63. The van der Waals surface area contributed by atoms with Crippen LogP contribution in [0.15, 0.2) is 12.1 Å². The molecule has 6 nitrogen and oxygen atoms in total. The summed E-state index contributed by atoms with van der Waals surface area (Å²) in [6.07, 6.45) is 2.12. The van der Waals surface area contributed by atoms with Crippen LogP contribution < -0.4 is 19.5 Å². The van der Waals surface area contributed by atoms with Crippen LogP contribution in [0.3, 0.4) is 0 Å². The molecule has 0 bridgehead atoms. The maximum atomic E-state index is 5.76. The van der Waals surface area contributed by atoms with Crippen LogP contribution in [0, 0.1) is 5.92 Å². The largest absolute Gasteiger partial charge is 0.496 e. The summed E-state index contributed by atoms with van der Waals surface area (Å²) in [5.74, 6) is 2.96. The lowest BCUT2D eigenvalue weighted by atomic mass is 9.84. The third-order valence-corrected chi connectivity index (χ3v) is 5.31. The molecule has 0 aliphatic carbocycles. The number of methoxy groups -OCH3 is 3. The van der Waals surface area contributed by atoms with Gasteiger partial charge in [-0.05, 0) is 18.8 Å². The molecule has 2 fully saturated rings. The molecule has 27 heavy (non-hydrogen) atoms. The van der Waals surface area contributed by atoms with Gasteiger partial charge >= 0.3 is 0 Å². The molecule has 0 unspecified atom stereocenters. The Morgan fingerprint density at radius 1 is 0.963 bits per heavy atom. The van der Waals surface area contributed by atoms with Gasteiger partial charge in [-0.3, -0.25) is 4.90 Å². The van der Waals surface area contributed by atoms with E-state index in [4.69, 9.17) is 18.9 Å². The van der Waals surface area contributed by atoms with Gasteiger partial charge in [-0.2, -0.15) is 0 Å². The number of halogens is 2. The lowest BCUT2D eigenvalue weighted by molar-refractivity contribution is 0.0199. The minimum Gasteiger partial charge on any atom is -0.496 e. The summed E-state index contributed by atoms with van der Waals surface area (Å²) in [4.78, 5) is 2.57. The van der Waals surface area contributed by atoms with Gasteiger partial charge in [0.05, 0.1) is 26.9 Å². The molecule has 8 heteroatoms. The number of nitrogens with one attached hydrogen (secondary N) is 1. The zero-order chi connectivity index (χ0) is 17.6. The van der Waals surface area contributed by atoms with Crippen LogP contribution in [0.4, 0.5) is 0 Å². The Morgan fingerprint density at radius 3 is 2.00 bits per heavy atom. The summed E-state index contributed by atoms with van der Waals surface area (Å²) >= 11 is 0. The summed E-state index contributed by atoms with van der Waals surface area (Å²) in [5, 5.41) is 3.45. The molecule has 1 aromatic carbocycles. The van der Waals surface area contributed by atoms with Crippen molar-refractivity contribution in [3.05, 3.63) is 17.7 Å². The first kappa shape index (κ1) is 24.1. The van der Waals surface area contributed by atoms with Crippen LogP contribution in [-0.4, -0.2) is 65.6 Å². The molecule has 0 radical (unpaired) electrons. The van der Waals surface area contributed by atoms with Crippen molar-refractivity contribution in [2.75, 3.05) is 60.7 Å². The summed E-state index contributed by atoms with van der Waals surface area (Å²) in [7, 11) is 5.10. The van der Waals surface area contributed by atoms with Gasteiger partial charge in [-0.1, -0.05) is 0 Å². The van der Waals surface area contributed by atoms with Gasteiger partial charge in [0.1, 0.15) is 17.2 Å². The zero-order valence-corrected chi connectivity index (χ0v) is 18.0. The Morgan fingerprint density at radius 2 is 1.52 bits per heavy atom. The molecule has 3 rings (SSSR count). The van der Waals surface area contributed by atoms with Crippen molar-refractivity contribution in [1.29, 1.82) is 0 Å². The Kier molecular flexibility index (Phi) is 10.6. The normalized spacial score (nSPS) is 19.4. The van der Waals surface area contributed by atoms with E-state index >= 15 is 0 Å². The molecule has 2 aliphatic heterocycles. The number of benzene rings is 1. The lowest BCUT2D eigenvalue weighted by Gasteiger charge is -2.42. The molecular formula is C19H32Cl2N2O4. The highest BCUT2D eigenvalue weighted by Gasteiger charge is 2.35. The summed E-state index contributed by atoms with van der Waals surface area (Å²) < 4.78 is 22.5. The second-order valence-corrected chi connectivity index (χ2v) is 6.63. The highest BCUT2D eigenvalue weighted by Crippen LogP contribution is 2.45. The van der Waals surface area contributed by atoms with Crippen LogP contribution in [-0.2, 0) is 4.74 Å². The Balaban J connectivity index is 0.00000182. The van der Waals surface area contributed by atoms with Gasteiger partial charge in [0.2, 0.25) is 0 Å². The first-order valence-corrected chi connectivity index (χ1v) is 9.11. The van der Waals surface area contributed by atoms with Crippen molar-refractivity contribution < 1.29 is 18.9 Å². The molecule has 1 N–H and O–H groups in total. The van der Waals surface area contributed by atoms with Crippen molar-refractivity contribution in [2.24, 2.45) is 5.92 Å². The predicted molar refractivity (Wildman–Crippen MR) is 111 cm³/mol. The van der Waals surface area contributed by atoms with Crippen molar-refractivity contribution in [3.63, 3.8) is 0 Å². The number of hydrogen-bond donors (Lipinski definition) is 1. The van der Waals surface area contributed by atoms with E-state index in [9.17, 15) is 0 Å². The Labute approximate surface area is 174 Å².